The molecule has 0 fully saturated rings. The molecule has 0 aliphatic carbocycles. The number of pyridine rings is 1. The third kappa shape index (κ3) is 3.63. The van der Waals surface area contributed by atoms with Gasteiger partial charge < -0.3 is 0 Å². The highest BCUT2D eigenvalue weighted by atomic mass is 35.5. The second-order valence-corrected chi connectivity index (χ2v) is 8.11. The van der Waals surface area contributed by atoms with E-state index in [0.29, 0.717) is 22.6 Å². The number of hydrogen-bond acceptors (Lipinski definition) is 5. The highest BCUT2D eigenvalue weighted by molar-refractivity contribution is 6.34. The van der Waals surface area contributed by atoms with Crippen molar-refractivity contribution in [3.63, 3.8) is 0 Å². The number of hydrogen-bond donors (Lipinski definition) is 1. The van der Waals surface area contributed by atoms with E-state index in [1.54, 1.807) is 47.0 Å². The Morgan fingerprint density at radius 2 is 1.79 bits per heavy atom. The van der Waals surface area contributed by atoms with Gasteiger partial charge in [0.2, 0.25) is 0 Å². The third-order valence-electron chi connectivity index (χ3n) is 5.26. The first-order valence-electron chi connectivity index (χ1n) is 10.1. The summed E-state index contributed by atoms with van der Waals surface area (Å²) < 4.78 is 2.66. The quantitative estimate of drug-likeness (QED) is 0.414. The van der Waals surface area contributed by atoms with E-state index in [1.807, 2.05) is 19.1 Å². The maximum atomic E-state index is 13.0. The van der Waals surface area contributed by atoms with Crippen molar-refractivity contribution in [2.75, 3.05) is 5.43 Å². The molecule has 5 rings (SSSR count). The molecular weight excluding hydrogens is 463 g/mol. The summed E-state index contributed by atoms with van der Waals surface area (Å²) in [6.07, 6.45) is 2.11. The number of carbonyl (C=O) groups is 1. The van der Waals surface area contributed by atoms with Crippen molar-refractivity contribution >= 4 is 45.8 Å². The smallest absolute Gasteiger partial charge is 0.267 e. The molecule has 0 saturated heterocycles. The zero-order valence-corrected chi connectivity index (χ0v) is 18.8. The Kier molecular flexibility index (Phi) is 5.32. The van der Waals surface area contributed by atoms with Gasteiger partial charge in [-0.15, -0.1) is 10.2 Å². The molecule has 0 atom stereocenters. The second kappa shape index (κ2) is 8.31. The molecule has 0 spiro atoms. The van der Waals surface area contributed by atoms with Crippen LogP contribution in [-0.4, -0.2) is 30.4 Å². The number of aryl methyl sites for hydroxylation is 1. The van der Waals surface area contributed by atoms with Crippen LogP contribution in [0.25, 0.3) is 27.8 Å². The maximum absolute atomic E-state index is 13.0. The number of nitrogens with one attached hydrogen (secondary N) is 1. The number of aromatic nitrogens is 5. The van der Waals surface area contributed by atoms with Crippen LogP contribution < -0.4 is 11.0 Å². The summed E-state index contributed by atoms with van der Waals surface area (Å²) in [7, 11) is 0. The van der Waals surface area contributed by atoms with Crippen molar-refractivity contribution in [3.8, 4) is 11.1 Å². The van der Waals surface area contributed by atoms with E-state index in [9.17, 15) is 9.59 Å². The van der Waals surface area contributed by atoms with Gasteiger partial charge in [0.15, 0.2) is 11.2 Å². The summed E-state index contributed by atoms with van der Waals surface area (Å²) in [6, 6.07) is 15.6. The van der Waals surface area contributed by atoms with Gasteiger partial charge >= 0.3 is 0 Å². The number of fused-ring (bicyclic) bond motifs is 3. The first-order valence-corrected chi connectivity index (χ1v) is 10.8. The average Bonchev–Trinajstić information content (AvgIpc) is 3.20. The van der Waals surface area contributed by atoms with Crippen LogP contribution in [0.3, 0.4) is 0 Å². The van der Waals surface area contributed by atoms with Crippen molar-refractivity contribution in [2.24, 2.45) is 0 Å². The molecule has 0 aliphatic heterocycles. The SMILES string of the molecule is CCc1nn2c(nnc3c(=O)n(NC(=O)c4ccccc4Cl)ccc32)c1-c1ccc(Cl)cc1. The van der Waals surface area contributed by atoms with Gasteiger partial charge in [-0.1, -0.05) is 54.4 Å². The van der Waals surface area contributed by atoms with Crippen LogP contribution in [0.2, 0.25) is 10.0 Å². The van der Waals surface area contributed by atoms with Gasteiger partial charge in [-0.05, 0) is 42.3 Å². The number of nitrogens with zero attached hydrogens (tertiary/aromatic N) is 5. The van der Waals surface area contributed by atoms with Gasteiger partial charge in [0, 0.05) is 11.2 Å². The molecule has 1 N–H and O–H groups in total. The van der Waals surface area contributed by atoms with Crippen molar-refractivity contribution in [1.29, 1.82) is 0 Å². The fourth-order valence-electron chi connectivity index (χ4n) is 3.65. The van der Waals surface area contributed by atoms with Crippen LogP contribution in [0.5, 0.6) is 0 Å². The molecule has 1 amide bonds. The van der Waals surface area contributed by atoms with E-state index in [1.165, 1.54) is 6.20 Å². The highest BCUT2D eigenvalue weighted by Gasteiger charge is 2.19. The Bertz CT molecular complexity index is 1590. The zero-order chi connectivity index (χ0) is 23.1. The van der Waals surface area contributed by atoms with Crippen LogP contribution in [-0.2, 0) is 6.42 Å². The summed E-state index contributed by atoms with van der Waals surface area (Å²) in [4.78, 5) is 25.6. The van der Waals surface area contributed by atoms with Crippen molar-refractivity contribution < 1.29 is 4.79 Å². The lowest BCUT2D eigenvalue weighted by atomic mass is 10.0. The fourth-order valence-corrected chi connectivity index (χ4v) is 4.00. The molecule has 3 heterocycles. The van der Waals surface area contributed by atoms with Crippen LogP contribution in [0.4, 0.5) is 0 Å². The number of halogens is 2. The summed E-state index contributed by atoms with van der Waals surface area (Å²) in [6.45, 7) is 1.99. The van der Waals surface area contributed by atoms with E-state index >= 15 is 0 Å². The number of carbonyl (C=O) groups excluding carboxylic acids is 1. The molecule has 0 unspecified atom stereocenters. The van der Waals surface area contributed by atoms with Gasteiger partial charge in [-0.3, -0.25) is 15.0 Å². The molecule has 3 aromatic heterocycles. The molecule has 0 radical (unpaired) electrons. The first kappa shape index (κ1) is 21.1. The molecule has 164 valence electrons. The lowest BCUT2D eigenvalue weighted by Crippen LogP contribution is -2.33. The molecular formula is C23H16Cl2N6O2. The van der Waals surface area contributed by atoms with Crippen LogP contribution >= 0.6 is 23.2 Å². The van der Waals surface area contributed by atoms with Gasteiger partial charge in [0.05, 0.1) is 21.8 Å². The van der Waals surface area contributed by atoms with E-state index in [-0.39, 0.29) is 16.1 Å². The molecule has 2 aromatic carbocycles. The molecule has 0 aliphatic rings. The van der Waals surface area contributed by atoms with Crippen LogP contribution in [0.1, 0.15) is 23.0 Å². The fraction of sp³-hybridized carbons (Fsp3) is 0.0870. The van der Waals surface area contributed by atoms with Crippen molar-refractivity contribution in [2.45, 2.75) is 13.3 Å². The van der Waals surface area contributed by atoms with Gasteiger partial charge in [0.25, 0.3) is 11.5 Å². The molecule has 5 aromatic rings. The van der Waals surface area contributed by atoms with Gasteiger partial charge in [-0.2, -0.15) is 5.10 Å². The van der Waals surface area contributed by atoms with Crippen molar-refractivity contribution in [1.82, 2.24) is 24.5 Å². The molecule has 8 nitrogen and oxygen atoms in total. The minimum atomic E-state index is -0.538. The monoisotopic (exact) mass is 478 g/mol. The predicted octanol–water partition coefficient (Wildman–Crippen LogP) is 4.36. The Hall–Kier alpha value is -3.75. The largest absolute Gasteiger partial charge is 0.299 e. The topological polar surface area (TPSA) is 94.2 Å². The predicted molar refractivity (Wildman–Crippen MR) is 128 cm³/mol. The minimum absolute atomic E-state index is 0.0669. The molecule has 0 bridgehead atoms. The molecule has 33 heavy (non-hydrogen) atoms. The summed E-state index contributed by atoms with van der Waals surface area (Å²) >= 11 is 12.1. The minimum Gasteiger partial charge on any atom is -0.267 e. The third-order valence-corrected chi connectivity index (χ3v) is 5.84. The summed E-state index contributed by atoms with van der Waals surface area (Å²) in [5.74, 6) is -0.520. The number of amides is 1. The Labute approximate surface area is 197 Å². The Morgan fingerprint density at radius 1 is 1.03 bits per heavy atom. The average molecular weight is 479 g/mol. The zero-order valence-electron chi connectivity index (χ0n) is 17.3. The molecule has 0 saturated carbocycles. The van der Waals surface area contributed by atoms with Crippen molar-refractivity contribution in [3.05, 3.63) is 92.5 Å². The van der Waals surface area contributed by atoms with Gasteiger partial charge in [-0.25, -0.2) is 9.19 Å². The standard InChI is InChI=1S/C23H16Cl2N6O2/c1-2-17-19(13-7-9-14(24)10-8-13)21-27-26-20-18(31(21)28-17)11-12-30(23(20)33)29-22(32)15-5-3-4-6-16(15)25/h3-12H,2H2,1H3,(H,29,32). The van der Waals surface area contributed by atoms with E-state index in [0.717, 1.165) is 21.5 Å². The normalized spacial score (nSPS) is 11.2. The number of benzene rings is 2. The number of rotatable bonds is 4. The van der Waals surface area contributed by atoms with Crippen LogP contribution in [0.15, 0.2) is 65.6 Å². The highest BCUT2D eigenvalue weighted by Crippen LogP contribution is 2.29. The first-order chi connectivity index (χ1) is 16.0. The van der Waals surface area contributed by atoms with E-state index in [4.69, 9.17) is 23.2 Å². The summed E-state index contributed by atoms with van der Waals surface area (Å²) in [5, 5.41) is 14.1. The Balaban J connectivity index is 1.62. The van der Waals surface area contributed by atoms with Gasteiger partial charge in [0.1, 0.15) is 5.52 Å². The van der Waals surface area contributed by atoms with E-state index < -0.39 is 11.5 Å². The molecule has 10 heteroatoms. The lowest BCUT2D eigenvalue weighted by Gasteiger charge is -2.10. The Morgan fingerprint density at radius 3 is 2.52 bits per heavy atom. The van der Waals surface area contributed by atoms with E-state index in [2.05, 4.69) is 20.7 Å². The second-order valence-electron chi connectivity index (χ2n) is 7.26. The lowest BCUT2D eigenvalue weighted by molar-refractivity contribution is 0.101. The maximum Gasteiger partial charge on any atom is 0.299 e. The summed E-state index contributed by atoms with van der Waals surface area (Å²) in [5.41, 5.74) is 5.87. The van der Waals surface area contributed by atoms with Crippen LogP contribution in [0, 0.1) is 0 Å².